The van der Waals surface area contributed by atoms with E-state index in [1.165, 1.54) is 10.9 Å². The number of hydrazone groups is 1. The summed E-state index contributed by atoms with van der Waals surface area (Å²) < 4.78 is 12.6. The van der Waals surface area contributed by atoms with E-state index in [4.69, 9.17) is 15.2 Å². The number of hydrogen-bond acceptors (Lipinski definition) is 11. The Balaban J connectivity index is 1.60. The van der Waals surface area contributed by atoms with Crippen LogP contribution in [0.5, 0.6) is 5.75 Å². The highest BCUT2D eigenvalue weighted by Crippen LogP contribution is 2.35. The van der Waals surface area contributed by atoms with Gasteiger partial charge in [-0.2, -0.15) is 5.10 Å². The highest BCUT2D eigenvalue weighted by Gasteiger charge is 2.45. The average molecular weight is 443 g/mol. The van der Waals surface area contributed by atoms with Crippen molar-refractivity contribution in [2.24, 2.45) is 5.10 Å². The number of rotatable bonds is 8. The Bertz CT molecular complexity index is 1090. The zero-order chi connectivity index (χ0) is 22.7. The van der Waals surface area contributed by atoms with E-state index in [-0.39, 0.29) is 22.9 Å². The number of nitrogens with zero attached hydrogens (tertiary/aromatic N) is 5. The van der Waals surface area contributed by atoms with Crippen molar-refractivity contribution >= 4 is 29.1 Å². The van der Waals surface area contributed by atoms with Gasteiger partial charge in [0.15, 0.2) is 23.2 Å². The Hall–Kier alpha value is -3.32. The van der Waals surface area contributed by atoms with Gasteiger partial charge in [-0.25, -0.2) is 20.4 Å². The maximum absolute atomic E-state index is 10.5. The van der Waals surface area contributed by atoms with Gasteiger partial charge in [-0.3, -0.25) is 4.57 Å². The van der Waals surface area contributed by atoms with Crippen LogP contribution in [0.15, 0.2) is 35.7 Å². The van der Waals surface area contributed by atoms with Crippen LogP contribution in [0.2, 0.25) is 0 Å². The number of benzene rings is 1. The quantitative estimate of drug-likeness (QED) is 0.240. The first-order chi connectivity index (χ1) is 15.5. The highest BCUT2D eigenvalue weighted by atomic mass is 16.6. The normalized spacial score (nSPS) is 23.2. The number of aliphatic hydroxyl groups excluding tert-OH is 3. The van der Waals surface area contributed by atoms with Crippen molar-refractivity contribution in [2.75, 3.05) is 24.4 Å². The molecule has 0 bridgehead atoms. The standard InChI is InChI=1S/C20H25N7O5/c1-2-7-31-12-5-3-11(4-6-12)8-24-26-20-25-14-17(21)22-10-23-18(14)27(20)19-16(30)15(29)13(9-28)32-19/h3-6,8,10,13,15-16,19,28-30H,2,7,9H2,1H3,(H,25,26)(H2,21,22,23)/b24-8+/t13-,15-,16+,19-/m1/s1. The largest absolute Gasteiger partial charge is 0.494 e. The van der Waals surface area contributed by atoms with Gasteiger partial charge in [0.1, 0.15) is 30.4 Å². The van der Waals surface area contributed by atoms with Crippen LogP contribution in [0, 0.1) is 0 Å². The van der Waals surface area contributed by atoms with Gasteiger partial charge in [-0.05, 0) is 36.2 Å². The van der Waals surface area contributed by atoms with E-state index in [2.05, 4.69) is 25.5 Å². The fraction of sp³-hybridized carbons (Fsp3) is 0.400. The number of nitrogen functional groups attached to an aromatic ring is 1. The Labute approximate surface area is 183 Å². The minimum Gasteiger partial charge on any atom is -0.494 e. The van der Waals surface area contributed by atoms with E-state index in [1.807, 2.05) is 31.2 Å². The molecule has 170 valence electrons. The Morgan fingerprint density at radius 3 is 2.72 bits per heavy atom. The summed E-state index contributed by atoms with van der Waals surface area (Å²) in [7, 11) is 0. The van der Waals surface area contributed by atoms with Gasteiger partial charge in [0.05, 0.1) is 19.4 Å². The molecule has 0 aliphatic carbocycles. The fourth-order valence-corrected chi connectivity index (χ4v) is 3.37. The number of aliphatic hydroxyl groups is 3. The van der Waals surface area contributed by atoms with Gasteiger partial charge in [0, 0.05) is 0 Å². The summed E-state index contributed by atoms with van der Waals surface area (Å²) in [6.45, 7) is 2.23. The number of aromatic nitrogens is 4. The third-order valence-corrected chi connectivity index (χ3v) is 5.01. The number of fused-ring (bicyclic) bond motifs is 1. The molecule has 1 aromatic carbocycles. The van der Waals surface area contributed by atoms with Crippen LogP contribution in [-0.2, 0) is 4.74 Å². The molecule has 0 unspecified atom stereocenters. The van der Waals surface area contributed by atoms with Gasteiger partial charge in [-0.1, -0.05) is 6.92 Å². The number of imidazole rings is 1. The monoisotopic (exact) mass is 443 g/mol. The van der Waals surface area contributed by atoms with E-state index in [0.717, 1.165) is 17.7 Å². The topological polar surface area (TPSA) is 173 Å². The Kier molecular flexibility index (Phi) is 6.46. The first-order valence-corrected chi connectivity index (χ1v) is 10.2. The molecule has 12 nitrogen and oxygen atoms in total. The SMILES string of the molecule is CCCOc1ccc(/C=N/Nc2nc3c(N)ncnc3n2[C@@H]2O[C@H](CO)[C@@H](O)[C@@H]2O)cc1. The molecule has 3 aromatic rings. The van der Waals surface area contributed by atoms with E-state index in [0.29, 0.717) is 6.61 Å². The first kappa shape index (κ1) is 21.9. The second-order valence-electron chi connectivity index (χ2n) is 7.25. The molecular weight excluding hydrogens is 418 g/mol. The number of nitrogens with one attached hydrogen (secondary N) is 1. The summed E-state index contributed by atoms with van der Waals surface area (Å²) in [5, 5.41) is 34.3. The average Bonchev–Trinajstić information content (AvgIpc) is 3.31. The Morgan fingerprint density at radius 1 is 1.25 bits per heavy atom. The zero-order valence-electron chi connectivity index (χ0n) is 17.4. The van der Waals surface area contributed by atoms with Crippen LogP contribution in [0.1, 0.15) is 25.1 Å². The van der Waals surface area contributed by atoms with Crippen LogP contribution in [0.4, 0.5) is 11.8 Å². The van der Waals surface area contributed by atoms with Gasteiger partial charge >= 0.3 is 0 Å². The molecule has 4 atom stereocenters. The summed E-state index contributed by atoms with van der Waals surface area (Å²) in [4.78, 5) is 12.5. The molecule has 1 aliphatic rings. The molecule has 1 fully saturated rings. The Morgan fingerprint density at radius 2 is 2.03 bits per heavy atom. The van der Waals surface area contributed by atoms with Crippen molar-refractivity contribution < 1.29 is 24.8 Å². The van der Waals surface area contributed by atoms with E-state index in [1.54, 1.807) is 6.21 Å². The van der Waals surface area contributed by atoms with Crippen LogP contribution in [0.3, 0.4) is 0 Å². The number of nitrogens with two attached hydrogens (primary N) is 1. The molecule has 4 rings (SSSR count). The van der Waals surface area contributed by atoms with Crippen LogP contribution < -0.4 is 15.9 Å². The maximum Gasteiger partial charge on any atom is 0.228 e. The third kappa shape index (κ3) is 4.21. The highest BCUT2D eigenvalue weighted by molar-refractivity contribution is 5.84. The van der Waals surface area contributed by atoms with Gasteiger partial charge in [0.25, 0.3) is 0 Å². The lowest BCUT2D eigenvalue weighted by molar-refractivity contribution is -0.0501. The zero-order valence-corrected chi connectivity index (χ0v) is 17.4. The summed E-state index contributed by atoms with van der Waals surface area (Å²) in [6, 6.07) is 7.41. The molecule has 0 radical (unpaired) electrons. The molecule has 1 aliphatic heterocycles. The van der Waals surface area contributed by atoms with Crippen molar-refractivity contribution in [3.63, 3.8) is 0 Å². The molecule has 1 saturated heterocycles. The smallest absolute Gasteiger partial charge is 0.228 e. The van der Waals surface area contributed by atoms with Crippen LogP contribution >= 0.6 is 0 Å². The predicted molar refractivity (Wildman–Crippen MR) is 116 cm³/mol. The van der Waals surface area contributed by atoms with Crippen molar-refractivity contribution in [2.45, 2.75) is 37.9 Å². The summed E-state index contributed by atoms with van der Waals surface area (Å²) >= 11 is 0. The molecule has 3 heterocycles. The van der Waals surface area contributed by atoms with Crippen molar-refractivity contribution in [3.8, 4) is 5.75 Å². The van der Waals surface area contributed by atoms with Crippen LogP contribution in [0.25, 0.3) is 11.2 Å². The van der Waals surface area contributed by atoms with Gasteiger partial charge < -0.3 is 30.5 Å². The van der Waals surface area contributed by atoms with Crippen LogP contribution in [-0.4, -0.2) is 72.6 Å². The number of ether oxygens (including phenoxy) is 2. The molecule has 32 heavy (non-hydrogen) atoms. The molecule has 12 heteroatoms. The van der Waals surface area contributed by atoms with E-state index in [9.17, 15) is 15.3 Å². The lowest BCUT2D eigenvalue weighted by Crippen LogP contribution is -2.33. The summed E-state index contributed by atoms with van der Waals surface area (Å²) in [5.41, 5.74) is 10.1. The molecule has 0 spiro atoms. The minimum atomic E-state index is -1.33. The molecule has 2 aromatic heterocycles. The fourth-order valence-electron chi connectivity index (χ4n) is 3.37. The number of hydrogen-bond donors (Lipinski definition) is 5. The lowest BCUT2D eigenvalue weighted by Gasteiger charge is -2.18. The summed E-state index contributed by atoms with van der Waals surface area (Å²) in [6.07, 6.45) is -0.886. The van der Waals surface area contributed by atoms with Crippen molar-refractivity contribution in [3.05, 3.63) is 36.2 Å². The number of anilines is 2. The van der Waals surface area contributed by atoms with Gasteiger partial charge in [0.2, 0.25) is 5.95 Å². The summed E-state index contributed by atoms with van der Waals surface area (Å²) in [5.74, 6) is 1.08. The maximum atomic E-state index is 10.5. The first-order valence-electron chi connectivity index (χ1n) is 10.2. The second kappa shape index (κ2) is 9.44. The third-order valence-electron chi connectivity index (χ3n) is 5.01. The molecule has 0 amide bonds. The lowest BCUT2D eigenvalue weighted by atomic mass is 10.1. The van der Waals surface area contributed by atoms with E-state index < -0.39 is 31.1 Å². The van der Waals surface area contributed by atoms with Crippen molar-refractivity contribution in [1.82, 2.24) is 19.5 Å². The predicted octanol–water partition coefficient (Wildman–Crippen LogP) is 0.255. The molecular formula is C20H25N7O5. The van der Waals surface area contributed by atoms with Gasteiger partial charge in [-0.15, -0.1) is 0 Å². The molecule has 0 saturated carbocycles. The van der Waals surface area contributed by atoms with Crippen molar-refractivity contribution in [1.29, 1.82) is 0 Å². The van der Waals surface area contributed by atoms with E-state index >= 15 is 0 Å². The second-order valence-corrected chi connectivity index (χ2v) is 7.25. The molecule has 6 N–H and O–H groups in total. The minimum absolute atomic E-state index is 0.134.